The SMILES string of the molecule is COCC1CCN(c2ccc(Cl)cc2CN)CC1. The summed E-state index contributed by atoms with van der Waals surface area (Å²) in [6, 6.07) is 6.00. The zero-order chi connectivity index (χ0) is 13.0. The minimum atomic E-state index is 0.536. The van der Waals surface area contributed by atoms with Crippen molar-refractivity contribution in [2.45, 2.75) is 19.4 Å². The van der Waals surface area contributed by atoms with Crippen molar-refractivity contribution in [2.75, 3.05) is 31.7 Å². The predicted molar refractivity (Wildman–Crippen MR) is 76.2 cm³/mol. The van der Waals surface area contributed by atoms with Crippen LogP contribution in [0.1, 0.15) is 18.4 Å². The normalized spacial score (nSPS) is 17.2. The molecule has 0 atom stereocenters. The molecule has 0 aromatic heterocycles. The summed E-state index contributed by atoms with van der Waals surface area (Å²) >= 11 is 6.01. The second-order valence-electron chi connectivity index (χ2n) is 4.86. The lowest BCUT2D eigenvalue weighted by molar-refractivity contribution is 0.139. The fraction of sp³-hybridized carbons (Fsp3) is 0.571. The van der Waals surface area contributed by atoms with Crippen molar-refractivity contribution in [3.63, 3.8) is 0 Å². The van der Waals surface area contributed by atoms with Crippen LogP contribution in [0.3, 0.4) is 0 Å². The van der Waals surface area contributed by atoms with Crippen molar-refractivity contribution in [3.8, 4) is 0 Å². The van der Waals surface area contributed by atoms with E-state index >= 15 is 0 Å². The Hall–Kier alpha value is -0.770. The summed E-state index contributed by atoms with van der Waals surface area (Å²) in [6.45, 7) is 3.55. The zero-order valence-electron chi connectivity index (χ0n) is 10.9. The molecule has 0 unspecified atom stereocenters. The smallest absolute Gasteiger partial charge is 0.0491 e. The van der Waals surface area contributed by atoms with Gasteiger partial charge in [0.25, 0.3) is 0 Å². The third-order valence-electron chi connectivity index (χ3n) is 3.62. The molecular formula is C14H21ClN2O. The Bertz CT molecular complexity index is 389. The van der Waals surface area contributed by atoms with Crippen LogP contribution in [0.15, 0.2) is 18.2 Å². The first-order valence-electron chi connectivity index (χ1n) is 6.47. The van der Waals surface area contributed by atoms with E-state index in [0.29, 0.717) is 12.5 Å². The molecule has 0 saturated carbocycles. The molecule has 100 valence electrons. The van der Waals surface area contributed by atoms with Crippen LogP contribution >= 0.6 is 11.6 Å². The van der Waals surface area contributed by atoms with Crippen LogP contribution in [-0.2, 0) is 11.3 Å². The van der Waals surface area contributed by atoms with Gasteiger partial charge in [-0.25, -0.2) is 0 Å². The third kappa shape index (κ3) is 3.16. The number of nitrogens with zero attached hydrogens (tertiary/aromatic N) is 1. The molecule has 18 heavy (non-hydrogen) atoms. The van der Waals surface area contributed by atoms with Gasteiger partial charge in [0, 0.05) is 44.1 Å². The number of piperidine rings is 1. The van der Waals surface area contributed by atoms with E-state index in [-0.39, 0.29) is 0 Å². The van der Waals surface area contributed by atoms with Crippen LogP contribution in [0.5, 0.6) is 0 Å². The maximum atomic E-state index is 6.01. The number of nitrogens with two attached hydrogens (primary N) is 1. The first-order valence-corrected chi connectivity index (χ1v) is 6.84. The molecule has 1 saturated heterocycles. The second kappa shape index (κ2) is 6.41. The summed E-state index contributed by atoms with van der Waals surface area (Å²) in [6.07, 6.45) is 2.36. The molecule has 0 spiro atoms. The van der Waals surface area contributed by atoms with E-state index in [1.54, 1.807) is 7.11 Å². The van der Waals surface area contributed by atoms with Gasteiger partial charge in [-0.1, -0.05) is 11.6 Å². The summed E-state index contributed by atoms with van der Waals surface area (Å²) in [4.78, 5) is 2.41. The maximum absolute atomic E-state index is 6.01. The average Bonchev–Trinajstić information content (AvgIpc) is 2.40. The molecule has 0 aliphatic carbocycles. The highest BCUT2D eigenvalue weighted by molar-refractivity contribution is 6.30. The van der Waals surface area contributed by atoms with Gasteiger partial charge < -0.3 is 15.4 Å². The monoisotopic (exact) mass is 268 g/mol. The lowest BCUT2D eigenvalue weighted by Gasteiger charge is -2.34. The number of benzene rings is 1. The van der Waals surface area contributed by atoms with Crippen molar-refractivity contribution in [1.82, 2.24) is 0 Å². The summed E-state index contributed by atoms with van der Waals surface area (Å²) in [7, 11) is 1.78. The molecule has 0 radical (unpaired) electrons. The molecule has 0 amide bonds. The molecule has 1 aromatic rings. The van der Waals surface area contributed by atoms with E-state index in [1.165, 1.54) is 18.5 Å². The van der Waals surface area contributed by atoms with Gasteiger partial charge in [-0.05, 0) is 42.5 Å². The fourth-order valence-electron chi connectivity index (χ4n) is 2.60. The minimum Gasteiger partial charge on any atom is -0.384 e. The number of hydrogen-bond acceptors (Lipinski definition) is 3. The number of methoxy groups -OCH3 is 1. The summed E-state index contributed by atoms with van der Waals surface area (Å²) in [5.41, 5.74) is 8.16. The highest BCUT2D eigenvalue weighted by Crippen LogP contribution is 2.28. The van der Waals surface area contributed by atoms with Crippen LogP contribution in [0.4, 0.5) is 5.69 Å². The topological polar surface area (TPSA) is 38.5 Å². The molecule has 1 aliphatic rings. The van der Waals surface area contributed by atoms with E-state index in [1.807, 2.05) is 12.1 Å². The van der Waals surface area contributed by atoms with Gasteiger partial charge in [0.2, 0.25) is 0 Å². The van der Waals surface area contributed by atoms with Crippen molar-refractivity contribution in [3.05, 3.63) is 28.8 Å². The predicted octanol–water partition coefficient (Wildman–Crippen LogP) is 2.66. The Kier molecular flexibility index (Phi) is 4.87. The summed E-state index contributed by atoms with van der Waals surface area (Å²) in [5.74, 6) is 0.694. The largest absolute Gasteiger partial charge is 0.384 e. The van der Waals surface area contributed by atoms with Crippen LogP contribution < -0.4 is 10.6 Å². The van der Waals surface area contributed by atoms with Crippen LogP contribution in [0, 0.1) is 5.92 Å². The zero-order valence-corrected chi connectivity index (χ0v) is 11.6. The van der Waals surface area contributed by atoms with Gasteiger partial charge in [0.05, 0.1) is 0 Å². The lowest BCUT2D eigenvalue weighted by atomic mass is 9.97. The van der Waals surface area contributed by atoms with E-state index in [4.69, 9.17) is 22.1 Å². The highest BCUT2D eigenvalue weighted by Gasteiger charge is 2.20. The van der Waals surface area contributed by atoms with Crippen LogP contribution in [-0.4, -0.2) is 26.8 Å². The fourth-order valence-corrected chi connectivity index (χ4v) is 2.80. The molecule has 1 heterocycles. The average molecular weight is 269 g/mol. The first kappa shape index (κ1) is 13.7. The Morgan fingerprint density at radius 1 is 1.39 bits per heavy atom. The molecular weight excluding hydrogens is 248 g/mol. The van der Waals surface area contributed by atoms with Gasteiger partial charge in [0.15, 0.2) is 0 Å². The molecule has 1 fully saturated rings. The van der Waals surface area contributed by atoms with Gasteiger partial charge >= 0.3 is 0 Å². The number of rotatable bonds is 4. The Morgan fingerprint density at radius 3 is 2.72 bits per heavy atom. The van der Waals surface area contributed by atoms with Crippen molar-refractivity contribution >= 4 is 17.3 Å². The van der Waals surface area contributed by atoms with Crippen LogP contribution in [0.2, 0.25) is 5.02 Å². The molecule has 4 heteroatoms. The molecule has 2 rings (SSSR count). The molecule has 1 aliphatic heterocycles. The second-order valence-corrected chi connectivity index (χ2v) is 5.30. The standard InChI is InChI=1S/C14H21ClN2O/c1-18-10-11-4-6-17(7-5-11)14-3-2-13(15)8-12(14)9-16/h2-3,8,11H,4-7,9-10,16H2,1H3. The van der Waals surface area contributed by atoms with E-state index in [2.05, 4.69) is 11.0 Å². The van der Waals surface area contributed by atoms with Gasteiger partial charge in [-0.15, -0.1) is 0 Å². The number of anilines is 1. The quantitative estimate of drug-likeness (QED) is 0.912. The molecule has 2 N–H and O–H groups in total. The van der Waals surface area contributed by atoms with Gasteiger partial charge in [-0.3, -0.25) is 0 Å². The highest BCUT2D eigenvalue weighted by atomic mass is 35.5. The Morgan fingerprint density at radius 2 is 2.11 bits per heavy atom. The number of halogens is 1. The van der Waals surface area contributed by atoms with E-state index in [9.17, 15) is 0 Å². The lowest BCUT2D eigenvalue weighted by Crippen LogP contribution is -2.35. The number of hydrogen-bond donors (Lipinski definition) is 1. The molecule has 3 nitrogen and oxygen atoms in total. The summed E-state index contributed by atoms with van der Waals surface area (Å²) < 4.78 is 5.23. The maximum Gasteiger partial charge on any atom is 0.0491 e. The number of ether oxygens (including phenoxy) is 1. The first-order chi connectivity index (χ1) is 8.74. The molecule has 0 bridgehead atoms. The molecule has 1 aromatic carbocycles. The Balaban J connectivity index is 2.05. The van der Waals surface area contributed by atoms with Crippen LogP contribution in [0.25, 0.3) is 0 Å². The third-order valence-corrected chi connectivity index (χ3v) is 3.85. The van der Waals surface area contributed by atoms with Crippen molar-refractivity contribution < 1.29 is 4.74 Å². The van der Waals surface area contributed by atoms with E-state index in [0.717, 1.165) is 30.3 Å². The van der Waals surface area contributed by atoms with Gasteiger partial charge in [-0.2, -0.15) is 0 Å². The van der Waals surface area contributed by atoms with E-state index < -0.39 is 0 Å². The van der Waals surface area contributed by atoms with Crippen molar-refractivity contribution in [2.24, 2.45) is 11.7 Å². The Labute approximate surface area is 114 Å². The minimum absolute atomic E-state index is 0.536. The van der Waals surface area contributed by atoms with Crippen molar-refractivity contribution in [1.29, 1.82) is 0 Å². The van der Waals surface area contributed by atoms with Gasteiger partial charge in [0.1, 0.15) is 0 Å². The summed E-state index contributed by atoms with van der Waals surface area (Å²) in [5, 5.41) is 0.758.